The molecule has 0 saturated carbocycles. The molecule has 2 aromatic heterocycles. The predicted octanol–water partition coefficient (Wildman–Crippen LogP) is 1.11. The molecule has 1 aliphatic heterocycles. The molecule has 1 atom stereocenters. The third-order valence-corrected chi connectivity index (χ3v) is 4.80. The van der Waals surface area contributed by atoms with Crippen molar-refractivity contribution < 1.29 is 9.90 Å². The average Bonchev–Trinajstić information content (AvgIpc) is 3.16. The van der Waals surface area contributed by atoms with Crippen molar-refractivity contribution in [3.05, 3.63) is 41.3 Å². The standard InChI is InChI=1S/C18H25N5O2/c1-13-15(14(2)22-21-13)6-7-17(24)20-11-18(25)8-10-23(12-18)16-5-3-4-9-19-16/h3-5,9,25H,6-8,10-12H2,1-2H3,(H,20,24)(H,21,22). The van der Waals surface area contributed by atoms with Crippen molar-refractivity contribution in [1.29, 1.82) is 0 Å². The van der Waals surface area contributed by atoms with E-state index >= 15 is 0 Å². The fourth-order valence-corrected chi connectivity index (χ4v) is 3.27. The van der Waals surface area contributed by atoms with Gasteiger partial charge in [0.1, 0.15) is 11.4 Å². The van der Waals surface area contributed by atoms with Crippen LogP contribution in [0.4, 0.5) is 5.82 Å². The fraction of sp³-hybridized carbons (Fsp3) is 0.500. The van der Waals surface area contributed by atoms with Crippen LogP contribution in [0.1, 0.15) is 29.8 Å². The largest absolute Gasteiger partial charge is 0.386 e. The number of hydrogen-bond donors (Lipinski definition) is 3. The number of aromatic amines is 1. The van der Waals surface area contributed by atoms with Gasteiger partial charge < -0.3 is 15.3 Å². The molecule has 1 fully saturated rings. The van der Waals surface area contributed by atoms with Crippen LogP contribution in [0.5, 0.6) is 0 Å². The van der Waals surface area contributed by atoms with E-state index < -0.39 is 5.60 Å². The highest BCUT2D eigenvalue weighted by atomic mass is 16.3. The number of H-pyrrole nitrogens is 1. The summed E-state index contributed by atoms with van der Waals surface area (Å²) >= 11 is 0. The normalized spacial score (nSPS) is 20.0. The van der Waals surface area contributed by atoms with Gasteiger partial charge in [-0.1, -0.05) is 6.07 Å². The van der Waals surface area contributed by atoms with E-state index in [4.69, 9.17) is 0 Å². The number of β-amino-alcohol motifs (C(OH)–C–C–N with tert-alkyl or cyclic N) is 1. The van der Waals surface area contributed by atoms with Crippen molar-refractivity contribution in [1.82, 2.24) is 20.5 Å². The lowest BCUT2D eigenvalue weighted by atomic mass is 10.0. The predicted molar refractivity (Wildman–Crippen MR) is 95.4 cm³/mol. The van der Waals surface area contributed by atoms with Crippen molar-refractivity contribution in [2.75, 3.05) is 24.5 Å². The number of aromatic nitrogens is 3. The molecule has 0 aromatic carbocycles. The van der Waals surface area contributed by atoms with E-state index in [1.165, 1.54) is 0 Å². The van der Waals surface area contributed by atoms with E-state index in [1.807, 2.05) is 36.9 Å². The minimum Gasteiger partial charge on any atom is -0.386 e. The second kappa shape index (κ2) is 7.23. The lowest BCUT2D eigenvalue weighted by molar-refractivity contribution is -0.122. The Morgan fingerprint density at radius 3 is 2.96 bits per heavy atom. The van der Waals surface area contributed by atoms with Crippen LogP contribution in [0.25, 0.3) is 0 Å². The van der Waals surface area contributed by atoms with Gasteiger partial charge in [-0.3, -0.25) is 9.89 Å². The van der Waals surface area contributed by atoms with Gasteiger partial charge in [0.25, 0.3) is 0 Å². The Hall–Kier alpha value is -2.41. The summed E-state index contributed by atoms with van der Waals surface area (Å²) in [7, 11) is 0. The van der Waals surface area contributed by atoms with Crippen LogP contribution < -0.4 is 10.2 Å². The van der Waals surface area contributed by atoms with Crippen LogP contribution in [-0.2, 0) is 11.2 Å². The molecular formula is C18H25N5O2. The summed E-state index contributed by atoms with van der Waals surface area (Å²) in [5.41, 5.74) is 2.13. The molecule has 0 bridgehead atoms. The van der Waals surface area contributed by atoms with Crippen molar-refractivity contribution in [2.24, 2.45) is 0 Å². The van der Waals surface area contributed by atoms with Gasteiger partial charge in [-0.25, -0.2) is 4.98 Å². The molecule has 25 heavy (non-hydrogen) atoms. The highest BCUT2D eigenvalue weighted by Gasteiger charge is 2.36. The lowest BCUT2D eigenvalue weighted by Crippen LogP contribution is -2.45. The molecule has 3 heterocycles. The molecule has 1 saturated heterocycles. The van der Waals surface area contributed by atoms with Crippen molar-refractivity contribution in [2.45, 2.75) is 38.7 Å². The van der Waals surface area contributed by atoms with Crippen molar-refractivity contribution in [3.63, 3.8) is 0 Å². The molecule has 2 aromatic rings. The maximum absolute atomic E-state index is 12.1. The number of aryl methyl sites for hydroxylation is 2. The van der Waals surface area contributed by atoms with Crippen LogP contribution in [0.2, 0.25) is 0 Å². The third-order valence-electron chi connectivity index (χ3n) is 4.80. The number of aliphatic hydroxyl groups is 1. The number of carbonyl (C=O) groups is 1. The Morgan fingerprint density at radius 2 is 2.28 bits per heavy atom. The highest BCUT2D eigenvalue weighted by Crippen LogP contribution is 2.24. The zero-order valence-electron chi connectivity index (χ0n) is 14.7. The van der Waals surface area contributed by atoms with E-state index in [-0.39, 0.29) is 12.5 Å². The van der Waals surface area contributed by atoms with Crippen LogP contribution >= 0.6 is 0 Å². The molecule has 3 N–H and O–H groups in total. The van der Waals surface area contributed by atoms with Crippen molar-refractivity contribution >= 4 is 11.7 Å². The van der Waals surface area contributed by atoms with Crippen LogP contribution in [-0.4, -0.2) is 51.4 Å². The highest BCUT2D eigenvalue weighted by molar-refractivity contribution is 5.76. The van der Waals surface area contributed by atoms with Crippen LogP contribution in [0.15, 0.2) is 24.4 Å². The molecule has 1 amide bonds. The summed E-state index contributed by atoms with van der Waals surface area (Å²) in [5.74, 6) is 0.806. The fourth-order valence-electron chi connectivity index (χ4n) is 3.27. The van der Waals surface area contributed by atoms with Gasteiger partial charge in [-0.05, 0) is 44.4 Å². The molecule has 0 radical (unpaired) electrons. The Kier molecular flexibility index (Phi) is 5.03. The quantitative estimate of drug-likeness (QED) is 0.730. The number of pyridine rings is 1. The number of rotatable bonds is 6. The summed E-state index contributed by atoms with van der Waals surface area (Å²) in [5, 5.41) is 20.7. The van der Waals surface area contributed by atoms with Gasteiger partial charge >= 0.3 is 0 Å². The second-order valence-electron chi connectivity index (χ2n) is 6.77. The van der Waals surface area contributed by atoms with Crippen LogP contribution in [0, 0.1) is 13.8 Å². The molecule has 0 aliphatic carbocycles. The molecule has 0 spiro atoms. The van der Waals surface area contributed by atoms with Gasteiger partial charge in [0, 0.05) is 37.9 Å². The smallest absolute Gasteiger partial charge is 0.220 e. The first-order valence-corrected chi connectivity index (χ1v) is 8.62. The molecular weight excluding hydrogens is 318 g/mol. The van der Waals surface area contributed by atoms with Crippen molar-refractivity contribution in [3.8, 4) is 0 Å². The maximum atomic E-state index is 12.1. The minimum atomic E-state index is -0.908. The Labute approximate surface area is 147 Å². The van der Waals surface area contributed by atoms with Gasteiger partial charge in [0.05, 0.1) is 5.69 Å². The number of amides is 1. The first-order valence-electron chi connectivity index (χ1n) is 8.62. The maximum Gasteiger partial charge on any atom is 0.220 e. The van der Waals surface area contributed by atoms with Gasteiger partial charge in [-0.2, -0.15) is 5.10 Å². The monoisotopic (exact) mass is 343 g/mol. The third kappa shape index (κ3) is 4.17. The molecule has 134 valence electrons. The van der Waals surface area contributed by atoms with Gasteiger partial charge in [0.15, 0.2) is 0 Å². The Morgan fingerprint density at radius 1 is 1.44 bits per heavy atom. The summed E-state index contributed by atoms with van der Waals surface area (Å²) < 4.78 is 0. The molecule has 1 unspecified atom stereocenters. The van der Waals surface area contributed by atoms with E-state index in [0.29, 0.717) is 25.8 Å². The zero-order valence-corrected chi connectivity index (χ0v) is 14.7. The number of nitrogens with one attached hydrogen (secondary N) is 2. The second-order valence-corrected chi connectivity index (χ2v) is 6.77. The molecule has 7 heteroatoms. The van der Waals surface area contributed by atoms with E-state index in [2.05, 4.69) is 20.5 Å². The first-order chi connectivity index (χ1) is 12.0. The number of anilines is 1. The number of nitrogens with zero attached hydrogens (tertiary/aromatic N) is 3. The SMILES string of the molecule is Cc1n[nH]c(C)c1CCC(=O)NCC1(O)CCN(c2ccccn2)C1. The molecule has 1 aliphatic rings. The summed E-state index contributed by atoms with van der Waals surface area (Å²) in [4.78, 5) is 18.5. The van der Waals surface area contributed by atoms with Crippen LogP contribution in [0.3, 0.4) is 0 Å². The number of carbonyl (C=O) groups excluding carboxylic acids is 1. The van der Waals surface area contributed by atoms with E-state index in [0.717, 1.165) is 29.3 Å². The topological polar surface area (TPSA) is 94.1 Å². The van der Waals surface area contributed by atoms with Gasteiger partial charge in [-0.15, -0.1) is 0 Å². The van der Waals surface area contributed by atoms with E-state index in [9.17, 15) is 9.90 Å². The summed E-state index contributed by atoms with van der Waals surface area (Å²) in [6, 6.07) is 5.73. The summed E-state index contributed by atoms with van der Waals surface area (Å²) in [6.07, 6.45) is 3.40. The Balaban J connectivity index is 1.47. The summed E-state index contributed by atoms with van der Waals surface area (Å²) in [6.45, 7) is 5.37. The van der Waals surface area contributed by atoms with E-state index in [1.54, 1.807) is 6.20 Å². The minimum absolute atomic E-state index is 0.0512. The molecule has 3 rings (SSSR count). The lowest BCUT2D eigenvalue weighted by Gasteiger charge is -2.24. The molecule has 7 nitrogen and oxygen atoms in total. The Bertz CT molecular complexity index is 711. The number of hydrogen-bond acceptors (Lipinski definition) is 5. The van der Waals surface area contributed by atoms with Gasteiger partial charge in [0.2, 0.25) is 5.91 Å². The first kappa shape index (κ1) is 17.4. The zero-order chi connectivity index (χ0) is 17.9. The average molecular weight is 343 g/mol.